The summed E-state index contributed by atoms with van der Waals surface area (Å²) in [4.78, 5) is 0. The van der Waals surface area contributed by atoms with Crippen molar-refractivity contribution in [1.29, 1.82) is 5.41 Å². The van der Waals surface area contributed by atoms with Crippen molar-refractivity contribution >= 4 is 27.0 Å². The predicted molar refractivity (Wildman–Crippen MR) is 46.8 cm³/mol. The minimum Gasteiger partial charge on any atom is -0.391 e. The molecule has 6 nitrogen and oxygen atoms in total. The van der Waals surface area contributed by atoms with Gasteiger partial charge in [-0.25, -0.2) is 0 Å². The normalized spacial score (nSPS) is 14.2. The van der Waals surface area contributed by atoms with Gasteiger partial charge in [-0.3, -0.25) is 9.96 Å². The standard InChI is InChI=1S/C4H10N2O4S2/c5-4(6)11-1-3(7)2-12(8,9)10/h3,7H,1-2H2,(H3,5,6)(H,8,9,10)/t3-/m0/s1. The smallest absolute Gasteiger partial charge is 0.267 e. The van der Waals surface area contributed by atoms with Gasteiger partial charge in [0.25, 0.3) is 10.1 Å². The van der Waals surface area contributed by atoms with E-state index in [1.54, 1.807) is 0 Å². The quantitative estimate of drug-likeness (QED) is 0.266. The van der Waals surface area contributed by atoms with Gasteiger partial charge >= 0.3 is 0 Å². The number of amidine groups is 1. The predicted octanol–water partition coefficient (Wildman–Crippen LogP) is -1.14. The van der Waals surface area contributed by atoms with Crippen molar-refractivity contribution in [2.24, 2.45) is 5.73 Å². The number of hydrogen-bond donors (Lipinski definition) is 4. The first-order valence-corrected chi connectivity index (χ1v) is 5.51. The van der Waals surface area contributed by atoms with Crippen LogP contribution >= 0.6 is 11.8 Å². The fourth-order valence-corrected chi connectivity index (χ4v) is 1.72. The molecule has 0 aromatic rings. The summed E-state index contributed by atoms with van der Waals surface area (Å²) >= 11 is 0.816. The maximum absolute atomic E-state index is 10.2. The summed E-state index contributed by atoms with van der Waals surface area (Å²) in [6.45, 7) is 0. The lowest BCUT2D eigenvalue weighted by atomic mass is 10.5. The first-order valence-electron chi connectivity index (χ1n) is 2.91. The summed E-state index contributed by atoms with van der Waals surface area (Å²) in [6.07, 6.45) is -1.20. The van der Waals surface area contributed by atoms with Crippen molar-refractivity contribution in [1.82, 2.24) is 0 Å². The van der Waals surface area contributed by atoms with E-state index in [-0.39, 0.29) is 10.9 Å². The lowest BCUT2D eigenvalue weighted by Crippen LogP contribution is -2.23. The van der Waals surface area contributed by atoms with E-state index in [0.717, 1.165) is 11.8 Å². The van der Waals surface area contributed by atoms with Crippen molar-refractivity contribution in [3.8, 4) is 0 Å². The molecule has 0 heterocycles. The molecule has 0 saturated heterocycles. The molecular weight excluding hydrogens is 204 g/mol. The van der Waals surface area contributed by atoms with E-state index >= 15 is 0 Å². The van der Waals surface area contributed by atoms with Crippen LogP contribution in [0.3, 0.4) is 0 Å². The number of thioether (sulfide) groups is 1. The summed E-state index contributed by atoms with van der Waals surface area (Å²) in [5, 5.41) is 15.5. The SMILES string of the molecule is N=C(N)SC[C@H](O)CS(=O)(=O)O. The second-order valence-corrected chi connectivity index (χ2v) is 4.64. The summed E-state index contributed by atoms with van der Waals surface area (Å²) in [5.74, 6) is -0.748. The van der Waals surface area contributed by atoms with Crippen LogP contribution in [-0.4, -0.2) is 40.9 Å². The zero-order chi connectivity index (χ0) is 9.78. The largest absolute Gasteiger partial charge is 0.391 e. The molecule has 0 aliphatic heterocycles. The van der Waals surface area contributed by atoms with Crippen molar-refractivity contribution in [2.75, 3.05) is 11.5 Å². The van der Waals surface area contributed by atoms with Gasteiger partial charge in [0.15, 0.2) is 5.17 Å². The molecule has 8 heteroatoms. The van der Waals surface area contributed by atoms with Crippen LogP contribution < -0.4 is 5.73 Å². The first-order chi connectivity index (χ1) is 5.31. The molecular formula is C4H10N2O4S2. The summed E-state index contributed by atoms with van der Waals surface area (Å²) in [5.41, 5.74) is 4.93. The van der Waals surface area contributed by atoms with Crippen molar-refractivity contribution in [2.45, 2.75) is 6.10 Å². The van der Waals surface area contributed by atoms with Crippen LogP contribution in [0.2, 0.25) is 0 Å². The zero-order valence-electron chi connectivity index (χ0n) is 6.10. The number of aliphatic hydroxyl groups excluding tert-OH is 1. The highest BCUT2D eigenvalue weighted by atomic mass is 32.2. The lowest BCUT2D eigenvalue weighted by Gasteiger charge is -2.06. The zero-order valence-corrected chi connectivity index (χ0v) is 7.73. The van der Waals surface area contributed by atoms with Crippen LogP contribution in [0.25, 0.3) is 0 Å². The molecule has 0 aromatic carbocycles. The van der Waals surface area contributed by atoms with Gasteiger partial charge in [-0.2, -0.15) is 8.42 Å². The Labute approximate surface area is 74.4 Å². The second-order valence-electron chi connectivity index (χ2n) is 2.08. The second kappa shape index (κ2) is 4.65. The number of rotatable bonds is 4. The van der Waals surface area contributed by atoms with Crippen LogP contribution in [0.1, 0.15) is 0 Å². The van der Waals surface area contributed by atoms with Crippen molar-refractivity contribution < 1.29 is 18.1 Å². The van der Waals surface area contributed by atoms with E-state index in [4.69, 9.17) is 20.8 Å². The van der Waals surface area contributed by atoms with Crippen LogP contribution in [0.4, 0.5) is 0 Å². The molecule has 0 aliphatic rings. The molecule has 0 rings (SSSR count). The monoisotopic (exact) mass is 214 g/mol. The van der Waals surface area contributed by atoms with Gasteiger partial charge in [0.05, 0.1) is 6.10 Å². The maximum Gasteiger partial charge on any atom is 0.267 e. The van der Waals surface area contributed by atoms with Gasteiger partial charge in [0.1, 0.15) is 5.75 Å². The molecule has 12 heavy (non-hydrogen) atoms. The fourth-order valence-electron chi connectivity index (χ4n) is 0.477. The highest BCUT2D eigenvalue weighted by Gasteiger charge is 2.14. The van der Waals surface area contributed by atoms with Gasteiger partial charge in [0, 0.05) is 5.75 Å². The molecule has 0 bridgehead atoms. The Balaban J connectivity index is 3.75. The van der Waals surface area contributed by atoms with Crippen molar-refractivity contribution in [3.05, 3.63) is 0 Å². The van der Waals surface area contributed by atoms with Gasteiger partial charge in [0.2, 0.25) is 0 Å². The summed E-state index contributed by atoms with van der Waals surface area (Å²) < 4.78 is 28.6. The third-order valence-electron chi connectivity index (χ3n) is 0.834. The third-order valence-corrected chi connectivity index (χ3v) is 2.50. The minimum atomic E-state index is -4.15. The van der Waals surface area contributed by atoms with Gasteiger partial charge in [-0.05, 0) is 0 Å². The maximum atomic E-state index is 10.2. The Bertz CT molecular complexity index is 250. The average molecular weight is 214 g/mol. The molecule has 0 spiro atoms. The topological polar surface area (TPSA) is 124 Å². The molecule has 0 saturated carbocycles. The van der Waals surface area contributed by atoms with E-state index in [0.29, 0.717) is 0 Å². The minimum absolute atomic E-state index is 0.0187. The van der Waals surface area contributed by atoms with Crippen LogP contribution in [0.15, 0.2) is 0 Å². The Hall–Kier alpha value is -0.310. The number of nitrogens with one attached hydrogen (secondary N) is 1. The lowest BCUT2D eigenvalue weighted by molar-refractivity contribution is 0.220. The highest BCUT2D eigenvalue weighted by molar-refractivity contribution is 8.13. The fraction of sp³-hybridized carbons (Fsp3) is 0.750. The molecule has 72 valence electrons. The number of aliphatic hydroxyl groups is 1. The van der Waals surface area contributed by atoms with Gasteiger partial charge in [-0.15, -0.1) is 0 Å². The highest BCUT2D eigenvalue weighted by Crippen LogP contribution is 2.02. The molecule has 1 atom stereocenters. The van der Waals surface area contributed by atoms with E-state index < -0.39 is 22.0 Å². The summed E-state index contributed by atoms with van der Waals surface area (Å²) in [6, 6.07) is 0. The number of hydrogen-bond acceptors (Lipinski definition) is 5. The molecule has 0 aromatic heterocycles. The number of nitrogens with two attached hydrogens (primary N) is 1. The van der Waals surface area contributed by atoms with Crippen molar-refractivity contribution in [3.63, 3.8) is 0 Å². The molecule has 0 amide bonds. The first kappa shape index (κ1) is 11.7. The molecule has 0 fully saturated rings. The molecule has 0 radical (unpaired) electrons. The van der Waals surface area contributed by atoms with Gasteiger partial charge in [-0.1, -0.05) is 11.8 Å². The van der Waals surface area contributed by atoms with Crippen LogP contribution in [0, 0.1) is 5.41 Å². The van der Waals surface area contributed by atoms with E-state index in [1.165, 1.54) is 0 Å². The van der Waals surface area contributed by atoms with Crippen LogP contribution in [-0.2, 0) is 10.1 Å². The molecule has 0 aliphatic carbocycles. The molecule has 5 N–H and O–H groups in total. The third kappa shape index (κ3) is 7.79. The summed E-state index contributed by atoms with van der Waals surface area (Å²) in [7, 11) is -4.15. The van der Waals surface area contributed by atoms with E-state index in [1.807, 2.05) is 0 Å². The molecule has 0 unspecified atom stereocenters. The van der Waals surface area contributed by atoms with Gasteiger partial charge < -0.3 is 10.8 Å². The van der Waals surface area contributed by atoms with E-state index in [9.17, 15) is 8.42 Å². The average Bonchev–Trinajstić information content (AvgIpc) is 1.79. The Morgan fingerprint density at radius 2 is 2.17 bits per heavy atom. The Morgan fingerprint density at radius 3 is 2.50 bits per heavy atom. The van der Waals surface area contributed by atoms with Crippen LogP contribution in [0.5, 0.6) is 0 Å². The van der Waals surface area contributed by atoms with E-state index in [2.05, 4.69) is 0 Å². The Kier molecular flexibility index (Phi) is 4.53. The Morgan fingerprint density at radius 1 is 1.67 bits per heavy atom.